The molecular weight excluding hydrogens is 364 g/mol. The van der Waals surface area contributed by atoms with Crippen LogP contribution in [0.3, 0.4) is 0 Å². The Morgan fingerprint density at radius 1 is 1.11 bits per heavy atom. The molecule has 0 atom stereocenters. The van der Waals surface area contributed by atoms with Crippen LogP contribution in [-0.4, -0.2) is 54.1 Å². The van der Waals surface area contributed by atoms with Gasteiger partial charge in [0.15, 0.2) is 5.78 Å². The van der Waals surface area contributed by atoms with E-state index >= 15 is 0 Å². The van der Waals surface area contributed by atoms with Gasteiger partial charge in [-0.2, -0.15) is 0 Å². The fourth-order valence-electron chi connectivity index (χ4n) is 3.35. The lowest BCUT2D eigenvalue weighted by Gasteiger charge is -2.33. The Hall–Kier alpha value is -1.88. The highest BCUT2D eigenvalue weighted by atomic mass is 35.5. The molecule has 5 nitrogen and oxygen atoms in total. The first-order valence-electron chi connectivity index (χ1n) is 9.74. The number of rotatable bonds is 8. The molecule has 0 unspecified atom stereocenters. The summed E-state index contributed by atoms with van der Waals surface area (Å²) < 4.78 is 0. The van der Waals surface area contributed by atoms with Gasteiger partial charge >= 0.3 is 0 Å². The van der Waals surface area contributed by atoms with Crippen molar-refractivity contribution in [2.45, 2.75) is 45.4 Å². The summed E-state index contributed by atoms with van der Waals surface area (Å²) in [5.41, 5.74) is 0.576. The molecule has 2 rings (SSSR count). The maximum atomic E-state index is 12.4. The van der Waals surface area contributed by atoms with E-state index in [0.29, 0.717) is 36.5 Å². The van der Waals surface area contributed by atoms with Crippen LogP contribution in [0.15, 0.2) is 24.3 Å². The number of piperidine rings is 1. The number of amides is 2. The van der Waals surface area contributed by atoms with Crippen LogP contribution in [0, 0.1) is 5.92 Å². The first-order valence-corrected chi connectivity index (χ1v) is 10.1. The molecule has 1 saturated heterocycles. The van der Waals surface area contributed by atoms with Crippen LogP contribution in [0.2, 0.25) is 5.02 Å². The quantitative estimate of drug-likeness (QED) is 0.632. The molecule has 148 valence electrons. The molecule has 6 heteroatoms. The average Bonchev–Trinajstić information content (AvgIpc) is 2.70. The van der Waals surface area contributed by atoms with Crippen molar-refractivity contribution in [2.24, 2.45) is 5.92 Å². The molecule has 27 heavy (non-hydrogen) atoms. The third-order valence-electron chi connectivity index (χ3n) is 5.15. The number of benzene rings is 1. The summed E-state index contributed by atoms with van der Waals surface area (Å²) >= 11 is 5.82. The van der Waals surface area contributed by atoms with Gasteiger partial charge in [-0.15, -0.1) is 0 Å². The minimum atomic E-state index is -0.0531. The SMILES string of the molecule is CCCCN(C)C(=O)C1CCN(C(=O)CCC(=O)c2ccc(Cl)cc2)CC1. The van der Waals surface area contributed by atoms with Gasteiger partial charge in [-0.05, 0) is 43.5 Å². The second-order valence-corrected chi connectivity index (χ2v) is 7.63. The summed E-state index contributed by atoms with van der Waals surface area (Å²) in [4.78, 5) is 40.6. The Bertz CT molecular complexity index is 652. The Balaban J connectivity index is 1.75. The highest BCUT2D eigenvalue weighted by Crippen LogP contribution is 2.21. The lowest BCUT2D eigenvalue weighted by Crippen LogP contribution is -2.43. The standard InChI is InChI=1S/C21H29ClN2O3/c1-3-4-13-23(2)21(27)17-11-14-24(15-12-17)20(26)10-9-19(25)16-5-7-18(22)8-6-16/h5-8,17H,3-4,9-15H2,1-2H3. The highest BCUT2D eigenvalue weighted by Gasteiger charge is 2.29. The van der Waals surface area contributed by atoms with Crippen LogP contribution in [0.1, 0.15) is 55.8 Å². The molecular formula is C21H29ClN2O3. The van der Waals surface area contributed by atoms with Crippen LogP contribution in [0.25, 0.3) is 0 Å². The summed E-state index contributed by atoms with van der Waals surface area (Å²) in [5, 5.41) is 0.584. The van der Waals surface area contributed by atoms with E-state index in [1.807, 2.05) is 11.9 Å². The number of carbonyl (C=O) groups is 3. The third-order valence-corrected chi connectivity index (χ3v) is 5.40. The van der Waals surface area contributed by atoms with Gasteiger partial charge in [-0.1, -0.05) is 24.9 Å². The zero-order valence-corrected chi connectivity index (χ0v) is 17.0. The predicted octanol–water partition coefficient (Wildman–Crippen LogP) is 3.80. The van der Waals surface area contributed by atoms with E-state index in [2.05, 4.69) is 6.92 Å². The van der Waals surface area contributed by atoms with Crippen LogP contribution >= 0.6 is 11.6 Å². The maximum Gasteiger partial charge on any atom is 0.225 e. The van der Waals surface area contributed by atoms with Crippen molar-refractivity contribution < 1.29 is 14.4 Å². The number of Topliss-reactive ketones (excluding diaryl/α,β-unsaturated/α-hetero) is 1. The van der Waals surface area contributed by atoms with Crippen LogP contribution in [0.5, 0.6) is 0 Å². The molecule has 2 amide bonds. The summed E-state index contributed by atoms with van der Waals surface area (Å²) in [7, 11) is 1.86. The first-order chi connectivity index (χ1) is 12.9. The largest absolute Gasteiger partial charge is 0.346 e. The molecule has 0 saturated carbocycles. The Kier molecular flexibility index (Phi) is 8.29. The molecule has 1 aliphatic heterocycles. The summed E-state index contributed by atoms with van der Waals surface area (Å²) in [6, 6.07) is 6.72. The minimum Gasteiger partial charge on any atom is -0.346 e. The van der Waals surface area contributed by atoms with Crippen molar-refractivity contribution >= 4 is 29.2 Å². The lowest BCUT2D eigenvalue weighted by molar-refractivity contribution is -0.139. The van der Waals surface area contributed by atoms with Gasteiger partial charge < -0.3 is 9.80 Å². The van der Waals surface area contributed by atoms with Crippen molar-refractivity contribution in [1.82, 2.24) is 9.80 Å². The van der Waals surface area contributed by atoms with Crippen molar-refractivity contribution in [1.29, 1.82) is 0 Å². The van der Waals surface area contributed by atoms with Gasteiger partial charge in [0.25, 0.3) is 0 Å². The molecule has 1 aromatic carbocycles. The van der Waals surface area contributed by atoms with Crippen molar-refractivity contribution in [3.05, 3.63) is 34.9 Å². The molecule has 0 N–H and O–H groups in total. The second kappa shape index (κ2) is 10.5. The number of halogens is 1. The molecule has 1 aliphatic rings. The molecule has 0 aromatic heterocycles. The van der Waals surface area contributed by atoms with Gasteiger partial charge in [-0.25, -0.2) is 0 Å². The van der Waals surface area contributed by atoms with E-state index in [-0.39, 0.29) is 36.4 Å². The molecule has 0 bridgehead atoms. The first kappa shape index (κ1) is 21.4. The number of likely N-dealkylation sites (tertiary alicyclic amines) is 1. The number of hydrogen-bond acceptors (Lipinski definition) is 3. The fourth-order valence-corrected chi connectivity index (χ4v) is 3.48. The van der Waals surface area contributed by atoms with E-state index in [4.69, 9.17) is 11.6 Å². The molecule has 1 fully saturated rings. The number of hydrogen-bond donors (Lipinski definition) is 0. The van der Waals surface area contributed by atoms with Crippen LogP contribution in [0.4, 0.5) is 0 Å². The van der Waals surface area contributed by atoms with E-state index in [1.165, 1.54) is 0 Å². The summed E-state index contributed by atoms with van der Waals surface area (Å²) in [6.07, 6.45) is 3.88. The smallest absolute Gasteiger partial charge is 0.225 e. The van der Waals surface area contributed by atoms with Gasteiger partial charge in [-0.3, -0.25) is 14.4 Å². The van der Waals surface area contributed by atoms with E-state index < -0.39 is 0 Å². The van der Waals surface area contributed by atoms with Crippen molar-refractivity contribution in [3.8, 4) is 0 Å². The second-order valence-electron chi connectivity index (χ2n) is 7.20. The minimum absolute atomic E-state index is 0.00612. The monoisotopic (exact) mass is 392 g/mol. The average molecular weight is 393 g/mol. The number of carbonyl (C=O) groups excluding carboxylic acids is 3. The van der Waals surface area contributed by atoms with Crippen LogP contribution in [-0.2, 0) is 9.59 Å². The predicted molar refractivity (Wildman–Crippen MR) is 107 cm³/mol. The van der Waals surface area contributed by atoms with E-state index in [0.717, 1.165) is 19.4 Å². The molecule has 0 spiro atoms. The zero-order valence-electron chi connectivity index (χ0n) is 16.2. The number of nitrogens with zero attached hydrogens (tertiary/aromatic N) is 2. The van der Waals surface area contributed by atoms with Gasteiger partial charge in [0.2, 0.25) is 11.8 Å². The number of unbranched alkanes of at least 4 members (excludes halogenated alkanes) is 1. The lowest BCUT2D eigenvalue weighted by atomic mass is 9.95. The topological polar surface area (TPSA) is 57.7 Å². The molecule has 0 aliphatic carbocycles. The summed E-state index contributed by atoms with van der Waals surface area (Å²) in [6.45, 7) is 4.08. The van der Waals surface area contributed by atoms with E-state index in [1.54, 1.807) is 29.2 Å². The highest BCUT2D eigenvalue weighted by molar-refractivity contribution is 6.30. The van der Waals surface area contributed by atoms with Gasteiger partial charge in [0.05, 0.1) is 0 Å². The Morgan fingerprint density at radius 3 is 2.33 bits per heavy atom. The van der Waals surface area contributed by atoms with Gasteiger partial charge in [0.1, 0.15) is 0 Å². The van der Waals surface area contributed by atoms with Gasteiger partial charge in [0, 0.05) is 56.0 Å². The fraction of sp³-hybridized carbons (Fsp3) is 0.571. The Labute approximate surface area is 166 Å². The van der Waals surface area contributed by atoms with Crippen LogP contribution < -0.4 is 0 Å². The molecule has 0 radical (unpaired) electrons. The molecule has 1 heterocycles. The molecule has 1 aromatic rings. The Morgan fingerprint density at radius 2 is 1.74 bits per heavy atom. The van der Waals surface area contributed by atoms with E-state index in [9.17, 15) is 14.4 Å². The number of ketones is 1. The van der Waals surface area contributed by atoms with Crippen molar-refractivity contribution in [3.63, 3.8) is 0 Å². The van der Waals surface area contributed by atoms with Crippen molar-refractivity contribution in [2.75, 3.05) is 26.7 Å². The zero-order chi connectivity index (χ0) is 19.8. The normalized spacial score (nSPS) is 14.9. The maximum absolute atomic E-state index is 12.4. The third kappa shape index (κ3) is 6.35. The summed E-state index contributed by atoms with van der Waals surface area (Å²) in [5.74, 6) is 0.130.